The van der Waals surface area contributed by atoms with Gasteiger partial charge in [-0.2, -0.15) is 0 Å². The highest BCUT2D eigenvalue weighted by molar-refractivity contribution is 5.72. The Bertz CT molecular complexity index is 333. The fourth-order valence-corrected chi connectivity index (χ4v) is 1.44. The number of carbonyl (C=O) groups is 1. The first kappa shape index (κ1) is 11.6. The van der Waals surface area contributed by atoms with E-state index >= 15 is 0 Å². The number of aliphatic carboxylic acids is 1. The minimum absolute atomic E-state index is 0.0192. The lowest BCUT2D eigenvalue weighted by atomic mass is 10.3. The van der Waals surface area contributed by atoms with Crippen molar-refractivity contribution in [3.63, 3.8) is 0 Å². The lowest BCUT2D eigenvalue weighted by molar-refractivity contribution is -0.135. The van der Waals surface area contributed by atoms with Gasteiger partial charge in [0.1, 0.15) is 6.54 Å². The van der Waals surface area contributed by atoms with Crippen LogP contribution in [0.4, 0.5) is 5.95 Å². The van der Waals surface area contributed by atoms with E-state index in [1.54, 1.807) is 11.1 Å². The van der Waals surface area contributed by atoms with Gasteiger partial charge < -0.3 is 14.6 Å². The summed E-state index contributed by atoms with van der Waals surface area (Å²) < 4.78 is 1.93. The second-order valence-corrected chi connectivity index (χ2v) is 3.63. The summed E-state index contributed by atoms with van der Waals surface area (Å²) in [4.78, 5) is 16.7. The van der Waals surface area contributed by atoms with Gasteiger partial charge in [0.15, 0.2) is 0 Å². The number of aryl methyl sites for hydroxylation is 1. The first-order valence-corrected chi connectivity index (χ1v) is 5.05. The van der Waals surface area contributed by atoms with Crippen LogP contribution >= 0.6 is 0 Å². The maximum atomic E-state index is 10.7. The van der Waals surface area contributed by atoms with Gasteiger partial charge >= 0.3 is 5.97 Å². The van der Waals surface area contributed by atoms with Crippen LogP contribution in [-0.2, 0) is 11.3 Å². The quantitative estimate of drug-likeness (QED) is 0.795. The van der Waals surface area contributed by atoms with Gasteiger partial charge in [-0.3, -0.25) is 4.79 Å². The van der Waals surface area contributed by atoms with Gasteiger partial charge in [0.25, 0.3) is 0 Å². The van der Waals surface area contributed by atoms with Gasteiger partial charge in [0, 0.05) is 25.0 Å². The molecule has 0 atom stereocenters. The van der Waals surface area contributed by atoms with Crippen LogP contribution in [0.25, 0.3) is 0 Å². The SMILES string of the molecule is CCn1ccnc1N(CC(=O)O)C(C)C. The molecule has 0 aromatic carbocycles. The number of hydrogen-bond acceptors (Lipinski definition) is 3. The van der Waals surface area contributed by atoms with Crippen LogP contribution in [0.2, 0.25) is 0 Å². The largest absolute Gasteiger partial charge is 0.480 e. The van der Waals surface area contributed by atoms with Crippen molar-refractivity contribution in [2.75, 3.05) is 11.4 Å². The van der Waals surface area contributed by atoms with Gasteiger partial charge in [0.2, 0.25) is 5.95 Å². The maximum Gasteiger partial charge on any atom is 0.323 e. The summed E-state index contributed by atoms with van der Waals surface area (Å²) in [6, 6.07) is 0.119. The summed E-state index contributed by atoms with van der Waals surface area (Å²) in [6.45, 7) is 6.69. The highest BCUT2D eigenvalue weighted by Crippen LogP contribution is 2.14. The Labute approximate surface area is 89.3 Å². The van der Waals surface area contributed by atoms with Crippen molar-refractivity contribution >= 4 is 11.9 Å². The van der Waals surface area contributed by atoms with E-state index < -0.39 is 5.97 Å². The highest BCUT2D eigenvalue weighted by Gasteiger charge is 2.17. The molecule has 0 radical (unpaired) electrons. The molecule has 0 spiro atoms. The van der Waals surface area contributed by atoms with Gasteiger partial charge in [-0.05, 0) is 20.8 Å². The topological polar surface area (TPSA) is 58.4 Å². The molecule has 0 bridgehead atoms. The molecule has 0 amide bonds. The summed E-state index contributed by atoms with van der Waals surface area (Å²) >= 11 is 0. The third-order valence-corrected chi connectivity index (χ3v) is 2.22. The molecule has 5 heteroatoms. The van der Waals surface area contributed by atoms with E-state index in [9.17, 15) is 4.79 Å². The minimum atomic E-state index is -0.839. The Morgan fingerprint density at radius 3 is 2.80 bits per heavy atom. The van der Waals surface area contributed by atoms with Crippen LogP contribution in [-0.4, -0.2) is 33.2 Å². The lowest BCUT2D eigenvalue weighted by Crippen LogP contribution is -2.37. The third kappa shape index (κ3) is 2.71. The van der Waals surface area contributed by atoms with Crippen molar-refractivity contribution in [1.29, 1.82) is 0 Å². The molecule has 1 rings (SSSR count). The highest BCUT2D eigenvalue weighted by atomic mass is 16.4. The van der Waals surface area contributed by atoms with Crippen molar-refractivity contribution in [2.24, 2.45) is 0 Å². The maximum absolute atomic E-state index is 10.7. The number of rotatable bonds is 5. The van der Waals surface area contributed by atoms with Crippen LogP contribution in [0.1, 0.15) is 20.8 Å². The second kappa shape index (κ2) is 4.82. The normalized spacial score (nSPS) is 10.7. The summed E-state index contributed by atoms with van der Waals surface area (Å²) in [5.41, 5.74) is 0. The van der Waals surface area contributed by atoms with Crippen LogP contribution in [0.5, 0.6) is 0 Å². The Kier molecular flexibility index (Phi) is 3.71. The van der Waals surface area contributed by atoms with Gasteiger partial charge in [-0.25, -0.2) is 4.98 Å². The molecule has 1 heterocycles. The average Bonchev–Trinajstić information content (AvgIpc) is 2.60. The number of nitrogens with zero attached hydrogens (tertiary/aromatic N) is 3. The molecular formula is C10H17N3O2. The van der Waals surface area contributed by atoms with Gasteiger partial charge in [0.05, 0.1) is 0 Å². The molecule has 0 fully saturated rings. The predicted octanol–water partition coefficient (Wildman–Crippen LogP) is 1.20. The molecule has 5 nitrogen and oxygen atoms in total. The van der Waals surface area contributed by atoms with Crippen molar-refractivity contribution in [3.8, 4) is 0 Å². The Morgan fingerprint density at radius 1 is 1.67 bits per heavy atom. The number of carboxylic acid groups (broad SMARTS) is 1. The molecule has 0 aliphatic carbocycles. The predicted molar refractivity (Wildman–Crippen MR) is 58.0 cm³/mol. The van der Waals surface area contributed by atoms with Crippen molar-refractivity contribution < 1.29 is 9.90 Å². The van der Waals surface area contributed by atoms with Crippen LogP contribution in [0, 0.1) is 0 Å². The number of hydrogen-bond donors (Lipinski definition) is 1. The molecule has 0 saturated carbocycles. The lowest BCUT2D eigenvalue weighted by Gasteiger charge is -2.26. The molecule has 1 aromatic heterocycles. The minimum Gasteiger partial charge on any atom is -0.480 e. The van der Waals surface area contributed by atoms with Gasteiger partial charge in [-0.15, -0.1) is 0 Å². The zero-order valence-electron chi connectivity index (χ0n) is 9.34. The zero-order valence-corrected chi connectivity index (χ0v) is 9.34. The molecule has 15 heavy (non-hydrogen) atoms. The standard InChI is InChI=1S/C10H17N3O2/c1-4-12-6-5-11-10(12)13(8(2)3)7-9(14)15/h5-6,8H,4,7H2,1-3H3,(H,14,15). The molecular weight excluding hydrogens is 194 g/mol. The van der Waals surface area contributed by atoms with Gasteiger partial charge in [-0.1, -0.05) is 0 Å². The molecule has 1 aromatic rings. The zero-order chi connectivity index (χ0) is 11.4. The van der Waals surface area contributed by atoms with E-state index in [1.807, 2.05) is 31.5 Å². The van der Waals surface area contributed by atoms with Crippen molar-refractivity contribution in [1.82, 2.24) is 9.55 Å². The first-order chi connectivity index (χ1) is 7.06. The molecule has 1 N–H and O–H groups in total. The van der Waals surface area contributed by atoms with E-state index in [0.717, 1.165) is 12.5 Å². The number of carboxylic acids is 1. The fourth-order valence-electron chi connectivity index (χ4n) is 1.44. The fraction of sp³-hybridized carbons (Fsp3) is 0.600. The summed E-state index contributed by atoms with van der Waals surface area (Å²) in [7, 11) is 0. The summed E-state index contributed by atoms with van der Waals surface area (Å²) in [5.74, 6) is -0.121. The molecule has 0 aliphatic rings. The number of imidazole rings is 1. The van der Waals surface area contributed by atoms with Crippen molar-refractivity contribution in [2.45, 2.75) is 33.4 Å². The number of anilines is 1. The Balaban J connectivity index is 2.93. The molecule has 0 aliphatic heterocycles. The Morgan fingerprint density at radius 2 is 2.33 bits per heavy atom. The Hall–Kier alpha value is -1.52. The number of aromatic nitrogens is 2. The first-order valence-electron chi connectivity index (χ1n) is 5.05. The molecule has 84 valence electrons. The van der Waals surface area contributed by atoms with E-state index in [1.165, 1.54) is 0 Å². The second-order valence-electron chi connectivity index (χ2n) is 3.63. The smallest absolute Gasteiger partial charge is 0.323 e. The van der Waals surface area contributed by atoms with Crippen LogP contribution in [0.15, 0.2) is 12.4 Å². The third-order valence-electron chi connectivity index (χ3n) is 2.22. The van der Waals surface area contributed by atoms with E-state index in [0.29, 0.717) is 0 Å². The average molecular weight is 211 g/mol. The van der Waals surface area contributed by atoms with E-state index in [4.69, 9.17) is 5.11 Å². The summed E-state index contributed by atoms with van der Waals surface area (Å²) in [5, 5.41) is 8.82. The summed E-state index contributed by atoms with van der Waals surface area (Å²) in [6.07, 6.45) is 3.54. The molecule has 0 saturated heterocycles. The van der Waals surface area contributed by atoms with E-state index in [-0.39, 0.29) is 12.6 Å². The molecule has 0 unspecified atom stereocenters. The van der Waals surface area contributed by atoms with Crippen molar-refractivity contribution in [3.05, 3.63) is 12.4 Å². The van der Waals surface area contributed by atoms with E-state index in [2.05, 4.69) is 4.98 Å². The monoisotopic (exact) mass is 211 g/mol. The van der Waals surface area contributed by atoms with Crippen LogP contribution in [0.3, 0.4) is 0 Å². The van der Waals surface area contributed by atoms with Crippen LogP contribution < -0.4 is 4.90 Å².